The number of hydrogen-bond donors (Lipinski definition) is 0. The highest BCUT2D eigenvalue weighted by Crippen LogP contribution is 2.15. The summed E-state index contributed by atoms with van der Waals surface area (Å²) in [5.41, 5.74) is 0.637. The molecule has 76 valence electrons. The second kappa shape index (κ2) is 3.51. The third-order valence-corrected chi connectivity index (χ3v) is 2.30. The molecule has 0 N–H and O–H groups in total. The van der Waals surface area contributed by atoms with Gasteiger partial charge in [0.2, 0.25) is 0 Å². The number of halogens is 1. The van der Waals surface area contributed by atoms with Crippen LogP contribution in [-0.2, 0) is 0 Å². The fraction of sp³-hybridized carbons (Fsp3) is 0.0909. The molecule has 0 atom stereocenters. The molecular weight excluding hydrogens is 216 g/mol. The SMILES string of the molecule is Cc1ccc2oc(=O)c(C(=O)Cl)cc2c1. The Morgan fingerprint density at radius 1 is 1.33 bits per heavy atom. The number of rotatable bonds is 1. The van der Waals surface area contributed by atoms with Crippen LogP contribution in [0.3, 0.4) is 0 Å². The van der Waals surface area contributed by atoms with E-state index in [0.717, 1.165) is 5.56 Å². The van der Waals surface area contributed by atoms with Gasteiger partial charge in [0.15, 0.2) is 0 Å². The van der Waals surface area contributed by atoms with Gasteiger partial charge < -0.3 is 4.42 Å². The van der Waals surface area contributed by atoms with E-state index in [-0.39, 0.29) is 5.56 Å². The van der Waals surface area contributed by atoms with Crippen LogP contribution < -0.4 is 5.63 Å². The summed E-state index contributed by atoms with van der Waals surface area (Å²) < 4.78 is 4.95. The third-order valence-electron chi connectivity index (χ3n) is 2.10. The molecular formula is C11H7ClO3. The molecule has 1 aromatic heterocycles. The van der Waals surface area contributed by atoms with Crippen LogP contribution in [0.5, 0.6) is 0 Å². The summed E-state index contributed by atoms with van der Waals surface area (Å²) in [5.74, 6) is 0. The molecule has 3 nitrogen and oxygen atoms in total. The predicted molar refractivity (Wildman–Crippen MR) is 57.4 cm³/mol. The van der Waals surface area contributed by atoms with Gasteiger partial charge in [0.25, 0.3) is 5.24 Å². The minimum Gasteiger partial charge on any atom is -0.422 e. The maximum absolute atomic E-state index is 11.3. The van der Waals surface area contributed by atoms with Crippen molar-refractivity contribution in [2.75, 3.05) is 0 Å². The Bertz CT molecular complexity index is 598. The Hall–Kier alpha value is -1.61. The Labute approximate surface area is 90.3 Å². The van der Waals surface area contributed by atoms with Gasteiger partial charge in [0, 0.05) is 5.39 Å². The number of carbonyl (C=O) groups is 1. The molecule has 2 aromatic rings. The van der Waals surface area contributed by atoms with Crippen molar-refractivity contribution in [3.05, 3.63) is 45.8 Å². The Balaban J connectivity index is 2.83. The van der Waals surface area contributed by atoms with Crippen LogP contribution in [0.25, 0.3) is 11.0 Å². The van der Waals surface area contributed by atoms with Gasteiger partial charge in [-0.05, 0) is 36.7 Å². The summed E-state index contributed by atoms with van der Waals surface area (Å²) in [6, 6.07) is 6.78. The van der Waals surface area contributed by atoms with E-state index >= 15 is 0 Å². The molecule has 0 aliphatic carbocycles. The molecule has 15 heavy (non-hydrogen) atoms. The van der Waals surface area contributed by atoms with Gasteiger partial charge in [0.1, 0.15) is 11.1 Å². The zero-order chi connectivity index (χ0) is 11.0. The molecule has 0 fully saturated rings. The van der Waals surface area contributed by atoms with Crippen molar-refractivity contribution in [1.82, 2.24) is 0 Å². The summed E-state index contributed by atoms with van der Waals surface area (Å²) in [7, 11) is 0. The molecule has 0 saturated heterocycles. The molecule has 0 unspecified atom stereocenters. The molecule has 1 aromatic carbocycles. The van der Waals surface area contributed by atoms with E-state index in [1.165, 1.54) is 6.07 Å². The summed E-state index contributed by atoms with van der Waals surface area (Å²) >= 11 is 5.25. The van der Waals surface area contributed by atoms with Crippen molar-refractivity contribution in [3.63, 3.8) is 0 Å². The zero-order valence-electron chi connectivity index (χ0n) is 7.91. The quantitative estimate of drug-likeness (QED) is 0.550. The van der Waals surface area contributed by atoms with E-state index in [9.17, 15) is 9.59 Å². The second-order valence-electron chi connectivity index (χ2n) is 3.26. The Morgan fingerprint density at radius 3 is 2.73 bits per heavy atom. The summed E-state index contributed by atoms with van der Waals surface area (Å²) in [5, 5.41) is -0.106. The van der Waals surface area contributed by atoms with Gasteiger partial charge in [-0.25, -0.2) is 4.79 Å². The molecule has 1 heterocycles. The van der Waals surface area contributed by atoms with Gasteiger partial charge in [-0.3, -0.25) is 4.79 Å². The van der Waals surface area contributed by atoms with Crippen molar-refractivity contribution in [2.45, 2.75) is 6.92 Å². The van der Waals surface area contributed by atoms with Gasteiger partial charge in [-0.15, -0.1) is 0 Å². The highest BCUT2D eigenvalue weighted by molar-refractivity contribution is 6.67. The first-order chi connectivity index (χ1) is 7.08. The van der Waals surface area contributed by atoms with Crippen LogP contribution >= 0.6 is 11.6 Å². The third kappa shape index (κ3) is 1.78. The number of fused-ring (bicyclic) bond motifs is 1. The fourth-order valence-electron chi connectivity index (χ4n) is 1.38. The largest absolute Gasteiger partial charge is 0.422 e. The summed E-state index contributed by atoms with van der Waals surface area (Å²) in [6.45, 7) is 1.91. The van der Waals surface area contributed by atoms with Crippen molar-refractivity contribution >= 4 is 27.8 Å². The van der Waals surface area contributed by atoms with Crippen molar-refractivity contribution < 1.29 is 9.21 Å². The average Bonchev–Trinajstić information content (AvgIpc) is 2.17. The second-order valence-corrected chi connectivity index (χ2v) is 3.61. The van der Waals surface area contributed by atoms with E-state index in [1.807, 2.05) is 19.1 Å². The van der Waals surface area contributed by atoms with Crippen LogP contribution in [-0.4, -0.2) is 5.24 Å². The molecule has 4 heteroatoms. The molecule has 0 aliphatic rings. The molecule has 2 rings (SSSR count). The van der Waals surface area contributed by atoms with Gasteiger partial charge >= 0.3 is 5.63 Å². The van der Waals surface area contributed by atoms with Crippen LogP contribution in [0.1, 0.15) is 15.9 Å². The van der Waals surface area contributed by atoms with Crippen LogP contribution in [0, 0.1) is 6.92 Å². The molecule has 0 amide bonds. The molecule has 0 bridgehead atoms. The lowest BCUT2D eigenvalue weighted by atomic mass is 10.1. The predicted octanol–water partition coefficient (Wildman–Crippen LogP) is 2.48. The molecule has 0 aliphatic heterocycles. The standard InChI is InChI=1S/C11H7ClO3/c1-6-2-3-9-7(4-6)5-8(10(12)13)11(14)15-9/h2-5H,1H3. The lowest BCUT2D eigenvalue weighted by Crippen LogP contribution is -2.09. The van der Waals surface area contributed by atoms with Crippen LogP contribution in [0.2, 0.25) is 0 Å². The molecule has 0 radical (unpaired) electrons. The molecule has 0 saturated carbocycles. The maximum atomic E-state index is 11.3. The lowest BCUT2D eigenvalue weighted by Gasteiger charge is -1.99. The van der Waals surface area contributed by atoms with E-state index in [4.69, 9.17) is 16.0 Å². The highest BCUT2D eigenvalue weighted by Gasteiger charge is 2.10. The number of aryl methyl sites for hydroxylation is 1. The monoisotopic (exact) mass is 222 g/mol. The van der Waals surface area contributed by atoms with Gasteiger partial charge in [0.05, 0.1) is 0 Å². The zero-order valence-corrected chi connectivity index (χ0v) is 8.67. The smallest absolute Gasteiger partial charge is 0.348 e. The summed E-state index contributed by atoms with van der Waals surface area (Å²) in [4.78, 5) is 22.2. The first-order valence-electron chi connectivity index (χ1n) is 4.32. The topological polar surface area (TPSA) is 47.3 Å². The van der Waals surface area contributed by atoms with Crippen LogP contribution in [0.4, 0.5) is 0 Å². The van der Waals surface area contributed by atoms with Gasteiger partial charge in [-0.1, -0.05) is 11.6 Å². The minimum atomic E-state index is -0.799. The Morgan fingerprint density at radius 2 is 2.07 bits per heavy atom. The van der Waals surface area contributed by atoms with E-state index in [1.54, 1.807) is 6.07 Å². The number of carbonyl (C=O) groups excluding carboxylic acids is 1. The fourth-order valence-corrected chi connectivity index (χ4v) is 1.51. The lowest BCUT2D eigenvalue weighted by molar-refractivity contribution is 0.107. The molecule has 0 spiro atoms. The van der Waals surface area contributed by atoms with Crippen molar-refractivity contribution in [3.8, 4) is 0 Å². The number of benzene rings is 1. The summed E-state index contributed by atoms with van der Waals surface area (Å²) in [6.07, 6.45) is 0. The first kappa shape index (κ1) is 9.93. The number of hydrogen-bond acceptors (Lipinski definition) is 3. The highest BCUT2D eigenvalue weighted by atomic mass is 35.5. The Kier molecular flexibility index (Phi) is 2.32. The van der Waals surface area contributed by atoms with E-state index in [2.05, 4.69) is 0 Å². The van der Waals surface area contributed by atoms with E-state index in [0.29, 0.717) is 11.0 Å². The van der Waals surface area contributed by atoms with Crippen molar-refractivity contribution in [2.24, 2.45) is 0 Å². The van der Waals surface area contributed by atoms with Crippen LogP contribution in [0.15, 0.2) is 33.5 Å². The first-order valence-corrected chi connectivity index (χ1v) is 4.70. The normalized spacial score (nSPS) is 10.5. The minimum absolute atomic E-state index is 0.130. The van der Waals surface area contributed by atoms with E-state index < -0.39 is 10.9 Å². The maximum Gasteiger partial charge on any atom is 0.348 e. The van der Waals surface area contributed by atoms with Gasteiger partial charge in [-0.2, -0.15) is 0 Å². The average molecular weight is 223 g/mol. The van der Waals surface area contributed by atoms with Crippen molar-refractivity contribution in [1.29, 1.82) is 0 Å².